The molecule has 1 heterocycles. The van der Waals surface area contributed by atoms with Crippen molar-refractivity contribution >= 4 is 44.1 Å². The molecule has 5 nitrogen and oxygen atoms in total. The average molecular weight is 494 g/mol. The lowest BCUT2D eigenvalue weighted by atomic mass is 9.72. The fourth-order valence-electron chi connectivity index (χ4n) is 3.76. The lowest BCUT2D eigenvalue weighted by molar-refractivity contribution is -0.118. The van der Waals surface area contributed by atoms with Crippen molar-refractivity contribution in [3.05, 3.63) is 44.2 Å². The van der Waals surface area contributed by atoms with Gasteiger partial charge in [0.1, 0.15) is 10.8 Å². The fourth-order valence-corrected chi connectivity index (χ4v) is 5.70. The smallest absolute Gasteiger partial charge is 0.341 e. The van der Waals surface area contributed by atoms with E-state index in [1.165, 1.54) is 23.3 Å². The molecule has 1 aromatic heterocycles. The van der Waals surface area contributed by atoms with Gasteiger partial charge in [0.05, 0.1) is 17.1 Å². The molecule has 0 aliphatic heterocycles. The second-order valence-corrected chi connectivity index (χ2v) is 10.7. The van der Waals surface area contributed by atoms with Gasteiger partial charge in [-0.15, -0.1) is 11.3 Å². The normalized spacial score (nSPS) is 16.0. The van der Waals surface area contributed by atoms with Crippen LogP contribution in [0.5, 0.6) is 5.75 Å². The topological polar surface area (TPSA) is 64.6 Å². The number of aryl methyl sites for hydroxylation is 1. The molecule has 7 heteroatoms. The summed E-state index contributed by atoms with van der Waals surface area (Å²) < 4.78 is 11.5. The highest BCUT2D eigenvalue weighted by Crippen LogP contribution is 2.44. The summed E-state index contributed by atoms with van der Waals surface area (Å²) in [4.78, 5) is 26.2. The number of benzene rings is 1. The fraction of sp³-hybridized carbons (Fsp3) is 0.478. The maximum Gasteiger partial charge on any atom is 0.341 e. The SMILES string of the molecule is COC(=O)c1c(NC(=O)COc2ccc(C)cc2Br)sc2c1CCC(C(C)(C)C)C2. The van der Waals surface area contributed by atoms with Crippen LogP contribution in [-0.4, -0.2) is 25.6 Å². The highest BCUT2D eigenvalue weighted by molar-refractivity contribution is 9.10. The van der Waals surface area contributed by atoms with Gasteiger partial charge in [0.25, 0.3) is 5.91 Å². The predicted molar refractivity (Wildman–Crippen MR) is 124 cm³/mol. The third-order valence-electron chi connectivity index (χ3n) is 5.58. The van der Waals surface area contributed by atoms with Gasteiger partial charge in [-0.1, -0.05) is 26.8 Å². The summed E-state index contributed by atoms with van der Waals surface area (Å²) in [5.74, 6) is 0.431. The standard InChI is InChI=1S/C23H28BrNO4S/c1-13-6-9-17(16(24)10-13)29-12-19(26)25-21-20(22(27)28-5)15-8-7-14(23(2,3)4)11-18(15)30-21/h6,9-10,14H,7-8,11-12H2,1-5H3,(H,25,26). The molecule has 1 aliphatic carbocycles. The van der Waals surface area contributed by atoms with Gasteiger partial charge in [0.15, 0.2) is 6.61 Å². The average Bonchev–Trinajstić information content (AvgIpc) is 3.02. The van der Waals surface area contributed by atoms with Crippen LogP contribution < -0.4 is 10.1 Å². The summed E-state index contributed by atoms with van der Waals surface area (Å²) in [6, 6.07) is 5.68. The minimum atomic E-state index is -0.404. The van der Waals surface area contributed by atoms with Crippen molar-refractivity contribution < 1.29 is 19.1 Å². The Labute approximate surface area is 190 Å². The number of hydrogen-bond acceptors (Lipinski definition) is 5. The third-order valence-corrected chi connectivity index (χ3v) is 7.37. The first-order valence-corrected chi connectivity index (χ1v) is 11.6. The summed E-state index contributed by atoms with van der Waals surface area (Å²) in [6.07, 6.45) is 2.76. The molecule has 1 aliphatic rings. The van der Waals surface area contributed by atoms with Gasteiger partial charge in [-0.05, 0) is 76.7 Å². The molecular formula is C23H28BrNO4S. The van der Waals surface area contributed by atoms with Crippen LogP contribution in [0.15, 0.2) is 22.7 Å². The Morgan fingerprint density at radius 1 is 1.30 bits per heavy atom. The van der Waals surface area contributed by atoms with E-state index >= 15 is 0 Å². The van der Waals surface area contributed by atoms with Crippen molar-refractivity contribution in [1.29, 1.82) is 0 Å². The molecule has 0 fully saturated rings. The van der Waals surface area contributed by atoms with E-state index in [1.54, 1.807) is 0 Å². The molecule has 30 heavy (non-hydrogen) atoms. The van der Waals surface area contributed by atoms with Crippen LogP contribution in [0.4, 0.5) is 5.00 Å². The molecule has 1 atom stereocenters. The maximum absolute atomic E-state index is 12.6. The largest absolute Gasteiger partial charge is 0.483 e. The molecule has 3 rings (SSSR count). The Morgan fingerprint density at radius 3 is 2.67 bits per heavy atom. The van der Waals surface area contributed by atoms with Crippen molar-refractivity contribution in [3.8, 4) is 5.75 Å². The summed E-state index contributed by atoms with van der Waals surface area (Å²) >= 11 is 4.93. The van der Waals surface area contributed by atoms with E-state index in [-0.39, 0.29) is 17.9 Å². The van der Waals surface area contributed by atoms with Crippen molar-refractivity contribution in [2.75, 3.05) is 19.0 Å². The second kappa shape index (κ2) is 9.10. The van der Waals surface area contributed by atoms with E-state index in [9.17, 15) is 9.59 Å². The van der Waals surface area contributed by atoms with E-state index in [4.69, 9.17) is 9.47 Å². The zero-order valence-corrected chi connectivity index (χ0v) is 20.5. The molecule has 0 bridgehead atoms. The number of nitrogens with one attached hydrogen (secondary N) is 1. The Balaban J connectivity index is 1.77. The molecule has 0 saturated carbocycles. The number of ether oxygens (including phenoxy) is 2. The Morgan fingerprint density at radius 2 is 2.03 bits per heavy atom. The van der Waals surface area contributed by atoms with Gasteiger partial charge in [-0.25, -0.2) is 4.79 Å². The number of fused-ring (bicyclic) bond motifs is 1. The Bertz CT molecular complexity index is 961. The zero-order valence-electron chi connectivity index (χ0n) is 18.1. The van der Waals surface area contributed by atoms with E-state index in [0.29, 0.717) is 22.2 Å². The van der Waals surface area contributed by atoms with Crippen molar-refractivity contribution in [2.45, 2.75) is 47.0 Å². The summed E-state index contributed by atoms with van der Waals surface area (Å²) in [7, 11) is 1.37. The number of anilines is 1. The van der Waals surface area contributed by atoms with Gasteiger partial charge >= 0.3 is 5.97 Å². The number of amides is 1. The number of esters is 1. The highest BCUT2D eigenvalue weighted by atomic mass is 79.9. The highest BCUT2D eigenvalue weighted by Gasteiger charge is 2.34. The summed E-state index contributed by atoms with van der Waals surface area (Å²) in [5, 5.41) is 3.43. The molecule has 1 N–H and O–H groups in total. The van der Waals surface area contributed by atoms with Crippen LogP contribution in [0.3, 0.4) is 0 Å². The van der Waals surface area contributed by atoms with Gasteiger partial charge in [-0.3, -0.25) is 4.79 Å². The lowest BCUT2D eigenvalue weighted by Gasteiger charge is -2.33. The number of thiophene rings is 1. The van der Waals surface area contributed by atoms with Gasteiger partial charge in [0, 0.05) is 4.88 Å². The zero-order chi connectivity index (χ0) is 22.1. The number of rotatable bonds is 5. The van der Waals surface area contributed by atoms with Crippen molar-refractivity contribution in [3.63, 3.8) is 0 Å². The van der Waals surface area contributed by atoms with Crippen molar-refractivity contribution in [1.82, 2.24) is 0 Å². The maximum atomic E-state index is 12.6. The molecule has 2 aromatic rings. The molecule has 1 unspecified atom stereocenters. The Hall–Kier alpha value is -1.86. The van der Waals surface area contributed by atoms with E-state index in [2.05, 4.69) is 42.0 Å². The molecule has 1 aromatic carbocycles. The van der Waals surface area contributed by atoms with Gasteiger partial charge in [-0.2, -0.15) is 0 Å². The second-order valence-electron chi connectivity index (χ2n) is 8.78. The quantitative estimate of drug-likeness (QED) is 0.536. The number of hydrogen-bond donors (Lipinski definition) is 1. The minimum Gasteiger partial charge on any atom is -0.483 e. The first kappa shape index (κ1) is 22.8. The molecule has 0 spiro atoms. The third kappa shape index (κ3) is 5.06. The lowest BCUT2D eigenvalue weighted by Crippen LogP contribution is -2.26. The van der Waals surface area contributed by atoms with Crippen LogP contribution in [0, 0.1) is 18.3 Å². The summed E-state index contributed by atoms with van der Waals surface area (Å²) in [6.45, 7) is 8.59. The molecular weight excluding hydrogens is 466 g/mol. The predicted octanol–water partition coefficient (Wildman–Crippen LogP) is 5.77. The number of halogens is 1. The number of carbonyl (C=O) groups excluding carboxylic acids is 2. The van der Waals surface area contributed by atoms with Crippen LogP contribution in [0.2, 0.25) is 0 Å². The van der Waals surface area contributed by atoms with Crippen LogP contribution in [-0.2, 0) is 22.4 Å². The van der Waals surface area contributed by atoms with E-state index < -0.39 is 5.97 Å². The molecule has 1 amide bonds. The number of methoxy groups -OCH3 is 1. The van der Waals surface area contributed by atoms with Crippen LogP contribution in [0.25, 0.3) is 0 Å². The minimum absolute atomic E-state index is 0.143. The molecule has 162 valence electrons. The first-order valence-electron chi connectivity index (χ1n) is 10.0. The van der Waals surface area contributed by atoms with Crippen LogP contribution >= 0.6 is 27.3 Å². The van der Waals surface area contributed by atoms with E-state index in [1.807, 2.05) is 25.1 Å². The first-order chi connectivity index (χ1) is 14.1. The number of carbonyl (C=O) groups is 2. The molecule has 0 radical (unpaired) electrons. The van der Waals surface area contributed by atoms with Gasteiger partial charge < -0.3 is 14.8 Å². The van der Waals surface area contributed by atoms with Crippen LogP contribution in [0.1, 0.15) is 53.6 Å². The van der Waals surface area contributed by atoms with Crippen molar-refractivity contribution in [2.24, 2.45) is 11.3 Å². The summed E-state index contributed by atoms with van der Waals surface area (Å²) in [5.41, 5.74) is 2.81. The molecule has 0 saturated heterocycles. The Kier molecular flexibility index (Phi) is 6.92. The van der Waals surface area contributed by atoms with Gasteiger partial charge in [0.2, 0.25) is 0 Å². The van der Waals surface area contributed by atoms with E-state index in [0.717, 1.165) is 34.9 Å². The monoisotopic (exact) mass is 493 g/mol.